The van der Waals surface area contributed by atoms with E-state index in [1.165, 1.54) is 0 Å². The Labute approximate surface area is 109 Å². The number of nitrogens with one attached hydrogen (secondary N) is 1. The van der Waals surface area contributed by atoms with Crippen LogP contribution in [0.2, 0.25) is 0 Å². The average molecular weight is 255 g/mol. The van der Waals surface area contributed by atoms with Gasteiger partial charge in [0.15, 0.2) is 0 Å². The molecule has 0 saturated carbocycles. The van der Waals surface area contributed by atoms with Crippen LogP contribution in [0.25, 0.3) is 0 Å². The van der Waals surface area contributed by atoms with Crippen molar-refractivity contribution in [3.8, 4) is 0 Å². The lowest BCUT2D eigenvalue weighted by Crippen LogP contribution is -2.18. The minimum absolute atomic E-state index is 0.339. The lowest BCUT2D eigenvalue weighted by atomic mass is 10.2. The summed E-state index contributed by atoms with van der Waals surface area (Å²) in [7, 11) is 3.44. The molecule has 1 unspecified atom stereocenters. The summed E-state index contributed by atoms with van der Waals surface area (Å²) in [6.45, 7) is 6.34. The molecule has 0 spiro atoms. The fourth-order valence-electron chi connectivity index (χ4n) is 2.02. The van der Waals surface area contributed by atoms with Crippen molar-refractivity contribution in [2.45, 2.75) is 32.7 Å². The summed E-state index contributed by atoms with van der Waals surface area (Å²) in [6.07, 6.45) is 4.29. The molecule has 104 valence electrons. The smallest absolute Gasteiger partial charge is 0.203 e. The molecule has 18 heavy (non-hydrogen) atoms. The second kappa shape index (κ2) is 8.11. The summed E-state index contributed by atoms with van der Waals surface area (Å²) in [5, 5.41) is 3.30. The van der Waals surface area contributed by atoms with Gasteiger partial charge in [0.05, 0.1) is 24.9 Å². The Morgan fingerprint density at radius 1 is 1.39 bits per heavy atom. The summed E-state index contributed by atoms with van der Waals surface area (Å²) >= 11 is 0. The Morgan fingerprint density at radius 2 is 2.17 bits per heavy atom. The molecule has 0 bridgehead atoms. The first-order chi connectivity index (χ1) is 8.72. The lowest BCUT2D eigenvalue weighted by molar-refractivity contribution is 0.151. The molecule has 1 rings (SSSR count). The minimum atomic E-state index is 0.339. The van der Waals surface area contributed by atoms with E-state index in [1.807, 2.05) is 6.92 Å². The van der Waals surface area contributed by atoms with Gasteiger partial charge in [-0.2, -0.15) is 0 Å². The van der Waals surface area contributed by atoms with Gasteiger partial charge in [-0.15, -0.1) is 0 Å². The van der Waals surface area contributed by atoms with Crippen molar-refractivity contribution >= 4 is 5.95 Å². The molecule has 5 heteroatoms. The molecule has 1 heterocycles. The topological polar surface area (TPSA) is 48.3 Å². The molecule has 0 saturated heterocycles. The van der Waals surface area contributed by atoms with Gasteiger partial charge in [0.1, 0.15) is 0 Å². The number of nitrogens with zero attached hydrogens (tertiary/aromatic N) is 2. The fourth-order valence-corrected chi connectivity index (χ4v) is 2.02. The standard InChI is InChI=1S/C13H25N3O2/c1-5-6-12(10-18-4)16-9-11(2)15-13(16)14-7-8-17-3/h9,12H,5-8,10H2,1-4H3,(H,14,15). The van der Waals surface area contributed by atoms with Crippen molar-refractivity contribution in [3.63, 3.8) is 0 Å². The summed E-state index contributed by atoms with van der Waals surface area (Å²) in [4.78, 5) is 4.51. The maximum Gasteiger partial charge on any atom is 0.203 e. The van der Waals surface area contributed by atoms with Gasteiger partial charge in [-0.05, 0) is 13.3 Å². The van der Waals surface area contributed by atoms with Crippen LogP contribution in [-0.4, -0.2) is 43.5 Å². The third-order valence-electron chi connectivity index (χ3n) is 2.82. The van der Waals surface area contributed by atoms with Gasteiger partial charge in [-0.25, -0.2) is 4.98 Å². The predicted molar refractivity (Wildman–Crippen MR) is 73.2 cm³/mol. The zero-order chi connectivity index (χ0) is 13.4. The number of aryl methyl sites for hydroxylation is 1. The quantitative estimate of drug-likeness (QED) is 0.687. The molecule has 5 nitrogen and oxygen atoms in total. The molecule has 0 radical (unpaired) electrons. The fraction of sp³-hybridized carbons (Fsp3) is 0.769. The molecule has 0 fully saturated rings. The number of hydrogen-bond acceptors (Lipinski definition) is 4. The second-order valence-corrected chi connectivity index (χ2v) is 4.43. The lowest BCUT2D eigenvalue weighted by Gasteiger charge is -2.19. The van der Waals surface area contributed by atoms with Crippen molar-refractivity contribution in [2.24, 2.45) is 0 Å². The van der Waals surface area contributed by atoms with E-state index in [9.17, 15) is 0 Å². The van der Waals surface area contributed by atoms with Crippen LogP contribution in [0.15, 0.2) is 6.20 Å². The second-order valence-electron chi connectivity index (χ2n) is 4.43. The Balaban J connectivity index is 2.76. The van der Waals surface area contributed by atoms with Gasteiger partial charge in [0, 0.05) is 27.0 Å². The maximum absolute atomic E-state index is 5.30. The third-order valence-corrected chi connectivity index (χ3v) is 2.82. The van der Waals surface area contributed by atoms with E-state index in [1.54, 1.807) is 14.2 Å². The highest BCUT2D eigenvalue weighted by Gasteiger charge is 2.15. The molecule has 0 amide bonds. The largest absolute Gasteiger partial charge is 0.383 e. The monoisotopic (exact) mass is 255 g/mol. The summed E-state index contributed by atoms with van der Waals surface area (Å²) in [5.74, 6) is 0.903. The van der Waals surface area contributed by atoms with Gasteiger partial charge in [-0.1, -0.05) is 13.3 Å². The van der Waals surface area contributed by atoms with E-state index < -0.39 is 0 Å². The van der Waals surface area contributed by atoms with Gasteiger partial charge in [0.2, 0.25) is 5.95 Å². The number of aromatic nitrogens is 2. The van der Waals surface area contributed by atoms with E-state index in [0.29, 0.717) is 19.3 Å². The molecule has 1 aromatic rings. The zero-order valence-corrected chi connectivity index (χ0v) is 11.9. The first-order valence-corrected chi connectivity index (χ1v) is 6.50. The van der Waals surface area contributed by atoms with Crippen LogP contribution in [0.5, 0.6) is 0 Å². The number of anilines is 1. The van der Waals surface area contributed by atoms with Crippen molar-refractivity contribution in [1.29, 1.82) is 0 Å². The summed E-state index contributed by atoms with van der Waals surface area (Å²) in [6, 6.07) is 0.339. The molecule has 1 aromatic heterocycles. The van der Waals surface area contributed by atoms with E-state index in [2.05, 4.69) is 28.0 Å². The Hall–Kier alpha value is -1.07. The van der Waals surface area contributed by atoms with E-state index in [-0.39, 0.29) is 0 Å². The Morgan fingerprint density at radius 3 is 2.78 bits per heavy atom. The molecular formula is C13H25N3O2. The average Bonchev–Trinajstić information content (AvgIpc) is 2.71. The minimum Gasteiger partial charge on any atom is -0.383 e. The molecule has 1 atom stereocenters. The maximum atomic E-state index is 5.30. The normalized spacial score (nSPS) is 12.7. The first kappa shape index (κ1) is 15.0. The highest BCUT2D eigenvalue weighted by atomic mass is 16.5. The van der Waals surface area contributed by atoms with Crippen LogP contribution >= 0.6 is 0 Å². The Bertz CT molecular complexity index is 333. The highest BCUT2D eigenvalue weighted by Crippen LogP contribution is 2.20. The molecule has 1 N–H and O–H groups in total. The van der Waals surface area contributed by atoms with Crippen LogP contribution in [0, 0.1) is 6.92 Å². The van der Waals surface area contributed by atoms with E-state index in [4.69, 9.17) is 9.47 Å². The zero-order valence-electron chi connectivity index (χ0n) is 11.9. The molecule has 0 aliphatic heterocycles. The van der Waals surface area contributed by atoms with Gasteiger partial charge in [0.25, 0.3) is 0 Å². The van der Waals surface area contributed by atoms with Crippen LogP contribution in [-0.2, 0) is 9.47 Å². The SMILES string of the molecule is CCCC(COC)n1cc(C)nc1NCCOC. The number of ether oxygens (including phenoxy) is 2. The number of rotatable bonds is 9. The summed E-state index contributed by atoms with van der Waals surface area (Å²) in [5.41, 5.74) is 1.02. The van der Waals surface area contributed by atoms with Gasteiger partial charge >= 0.3 is 0 Å². The van der Waals surface area contributed by atoms with Crippen molar-refractivity contribution in [2.75, 3.05) is 39.3 Å². The first-order valence-electron chi connectivity index (χ1n) is 6.50. The number of hydrogen-bond donors (Lipinski definition) is 1. The summed E-state index contributed by atoms with van der Waals surface area (Å²) < 4.78 is 12.5. The van der Waals surface area contributed by atoms with Crippen LogP contribution in [0.3, 0.4) is 0 Å². The van der Waals surface area contributed by atoms with Crippen LogP contribution in [0.4, 0.5) is 5.95 Å². The predicted octanol–water partition coefficient (Wildman–Crippen LogP) is 2.24. The Kier molecular flexibility index (Phi) is 6.75. The molecule has 0 aliphatic rings. The van der Waals surface area contributed by atoms with Gasteiger partial charge in [-0.3, -0.25) is 0 Å². The van der Waals surface area contributed by atoms with Gasteiger partial charge < -0.3 is 19.4 Å². The third kappa shape index (κ3) is 4.31. The molecule has 0 aliphatic carbocycles. The van der Waals surface area contributed by atoms with Crippen molar-refractivity contribution in [3.05, 3.63) is 11.9 Å². The van der Waals surface area contributed by atoms with Crippen molar-refractivity contribution in [1.82, 2.24) is 9.55 Å². The molecule has 0 aromatic carbocycles. The molecular weight excluding hydrogens is 230 g/mol. The van der Waals surface area contributed by atoms with Crippen molar-refractivity contribution < 1.29 is 9.47 Å². The number of methoxy groups -OCH3 is 2. The van der Waals surface area contributed by atoms with Crippen LogP contribution < -0.4 is 5.32 Å². The van der Waals surface area contributed by atoms with E-state index in [0.717, 1.165) is 31.0 Å². The highest BCUT2D eigenvalue weighted by molar-refractivity contribution is 5.29. The number of imidazole rings is 1. The van der Waals surface area contributed by atoms with E-state index >= 15 is 0 Å². The van der Waals surface area contributed by atoms with Crippen LogP contribution in [0.1, 0.15) is 31.5 Å².